The van der Waals surface area contributed by atoms with Crippen molar-refractivity contribution in [1.82, 2.24) is 0 Å². The number of benzene rings is 1. The molecule has 0 fully saturated rings. The van der Waals surface area contributed by atoms with Crippen LogP contribution in [0.3, 0.4) is 0 Å². The molecule has 0 aromatic heterocycles. The molecule has 0 radical (unpaired) electrons. The lowest BCUT2D eigenvalue weighted by Crippen LogP contribution is -1.97. The zero-order valence-electron chi connectivity index (χ0n) is 9.41. The lowest BCUT2D eigenvalue weighted by molar-refractivity contribution is -0.134. The topological polar surface area (TPSA) is 26.3 Å². The Kier molecular flexibility index (Phi) is 4.10. The van der Waals surface area contributed by atoms with Crippen LogP contribution in [0.15, 0.2) is 30.3 Å². The molecule has 0 bridgehead atoms. The maximum Gasteiger partial charge on any atom is 0.330 e. The van der Waals surface area contributed by atoms with E-state index in [4.69, 9.17) is 0 Å². The molecule has 0 aliphatic rings. The quantitative estimate of drug-likeness (QED) is 0.559. The number of allylic oxidation sites excluding steroid dienone is 1. The van der Waals surface area contributed by atoms with Crippen LogP contribution in [-0.4, -0.2) is 13.1 Å². The van der Waals surface area contributed by atoms with E-state index in [9.17, 15) is 4.79 Å². The van der Waals surface area contributed by atoms with Crippen LogP contribution < -0.4 is 0 Å². The number of esters is 1. The molecule has 15 heavy (non-hydrogen) atoms. The zero-order valence-corrected chi connectivity index (χ0v) is 9.41. The van der Waals surface area contributed by atoms with Crippen molar-refractivity contribution in [2.24, 2.45) is 0 Å². The van der Waals surface area contributed by atoms with Gasteiger partial charge in [-0.1, -0.05) is 36.8 Å². The van der Waals surface area contributed by atoms with Crippen LogP contribution >= 0.6 is 0 Å². The minimum Gasteiger partial charge on any atom is -0.466 e. The molecule has 1 rings (SSSR count). The molecule has 0 amide bonds. The number of hydrogen-bond acceptors (Lipinski definition) is 2. The maximum atomic E-state index is 11.1. The number of carbonyl (C=O) groups is 1. The third-order valence-corrected chi connectivity index (χ3v) is 2.26. The van der Waals surface area contributed by atoms with Gasteiger partial charge in [0.2, 0.25) is 0 Å². The van der Waals surface area contributed by atoms with Crippen molar-refractivity contribution < 1.29 is 9.53 Å². The van der Waals surface area contributed by atoms with Gasteiger partial charge in [0.15, 0.2) is 0 Å². The van der Waals surface area contributed by atoms with E-state index < -0.39 is 0 Å². The average Bonchev–Trinajstić information content (AvgIpc) is 2.25. The van der Waals surface area contributed by atoms with Crippen LogP contribution in [-0.2, 0) is 9.53 Å². The minimum atomic E-state index is -0.298. The number of aryl methyl sites for hydroxylation is 1. The Morgan fingerprint density at radius 1 is 1.47 bits per heavy atom. The fraction of sp³-hybridized carbons (Fsp3) is 0.308. The highest BCUT2D eigenvalue weighted by Gasteiger charge is 2.02. The lowest BCUT2D eigenvalue weighted by atomic mass is 10.0. The molecule has 0 unspecified atom stereocenters. The van der Waals surface area contributed by atoms with E-state index in [-0.39, 0.29) is 5.97 Å². The monoisotopic (exact) mass is 204 g/mol. The molecule has 0 saturated carbocycles. The lowest BCUT2D eigenvalue weighted by Gasteiger charge is -2.05. The van der Waals surface area contributed by atoms with Crippen molar-refractivity contribution in [3.8, 4) is 0 Å². The minimum absolute atomic E-state index is 0.298. The van der Waals surface area contributed by atoms with E-state index in [2.05, 4.69) is 10.8 Å². The molecular formula is C13H16O2. The van der Waals surface area contributed by atoms with Crippen molar-refractivity contribution in [1.29, 1.82) is 0 Å². The normalized spacial score (nSPS) is 11.3. The summed E-state index contributed by atoms with van der Waals surface area (Å²) in [6.07, 6.45) is 2.37. The highest BCUT2D eigenvalue weighted by molar-refractivity contribution is 5.91. The van der Waals surface area contributed by atoms with Crippen LogP contribution in [0.5, 0.6) is 0 Å². The molecule has 0 spiro atoms. The number of methoxy groups -OCH3 is 1. The highest BCUT2D eigenvalue weighted by atomic mass is 16.5. The van der Waals surface area contributed by atoms with Crippen LogP contribution in [0.4, 0.5) is 0 Å². The van der Waals surface area contributed by atoms with Gasteiger partial charge in [-0.15, -0.1) is 0 Å². The van der Waals surface area contributed by atoms with Gasteiger partial charge < -0.3 is 4.74 Å². The first-order chi connectivity index (χ1) is 7.17. The van der Waals surface area contributed by atoms with Gasteiger partial charge in [-0.05, 0) is 24.5 Å². The van der Waals surface area contributed by atoms with Gasteiger partial charge in [0.25, 0.3) is 0 Å². The fourth-order valence-corrected chi connectivity index (χ4v) is 1.44. The van der Waals surface area contributed by atoms with Crippen LogP contribution in [0, 0.1) is 6.92 Å². The summed E-state index contributed by atoms with van der Waals surface area (Å²) >= 11 is 0. The molecule has 80 valence electrons. The smallest absolute Gasteiger partial charge is 0.330 e. The standard InChI is InChI=1S/C13H16O2/c1-4-11(9-13(14)15-3)12-7-5-6-10(2)8-12/h5-9H,4H2,1-3H3/b11-9-. The van der Waals surface area contributed by atoms with E-state index in [1.165, 1.54) is 12.7 Å². The van der Waals surface area contributed by atoms with Crippen molar-refractivity contribution in [3.63, 3.8) is 0 Å². The number of rotatable bonds is 3. The largest absolute Gasteiger partial charge is 0.466 e. The highest BCUT2D eigenvalue weighted by Crippen LogP contribution is 2.18. The zero-order chi connectivity index (χ0) is 11.3. The molecule has 0 aliphatic heterocycles. The van der Waals surface area contributed by atoms with E-state index in [0.29, 0.717) is 0 Å². The van der Waals surface area contributed by atoms with Gasteiger partial charge in [0.1, 0.15) is 0 Å². The summed E-state index contributed by atoms with van der Waals surface area (Å²) in [5.41, 5.74) is 3.28. The van der Waals surface area contributed by atoms with E-state index >= 15 is 0 Å². The Morgan fingerprint density at radius 2 is 2.20 bits per heavy atom. The van der Waals surface area contributed by atoms with Gasteiger partial charge in [-0.25, -0.2) is 4.79 Å². The van der Waals surface area contributed by atoms with E-state index in [1.54, 1.807) is 6.08 Å². The molecule has 1 aromatic carbocycles. The SMILES string of the molecule is CC/C(=C/C(=O)OC)c1cccc(C)c1. The van der Waals surface area contributed by atoms with E-state index in [0.717, 1.165) is 17.6 Å². The first-order valence-electron chi connectivity index (χ1n) is 5.03. The number of carbonyl (C=O) groups excluding carboxylic acids is 1. The van der Waals surface area contributed by atoms with Crippen LogP contribution in [0.1, 0.15) is 24.5 Å². The van der Waals surface area contributed by atoms with Crippen LogP contribution in [0.2, 0.25) is 0 Å². The van der Waals surface area contributed by atoms with E-state index in [1.807, 2.05) is 32.0 Å². The third-order valence-electron chi connectivity index (χ3n) is 2.26. The summed E-state index contributed by atoms with van der Waals surface area (Å²) in [4.78, 5) is 11.1. The fourth-order valence-electron chi connectivity index (χ4n) is 1.44. The molecule has 0 N–H and O–H groups in total. The number of hydrogen-bond donors (Lipinski definition) is 0. The molecule has 0 atom stereocenters. The Morgan fingerprint density at radius 3 is 2.73 bits per heavy atom. The Labute approximate surface area is 90.6 Å². The van der Waals surface area contributed by atoms with Gasteiger partial charge in [-0.3, -0.25) is 0 Å². The molecule has 2 nitrogen and oxygen atoms in total. The molecule has 0 saturated heterocycles. The molecule has 0 heterocycles. The van der Waals surface area contributed by atoms with Crippen molar-refractivity contribution >= 4 is 11.5 Å². The summed E-state index contributed by atoms with van der Waals surface area (Å²) in [5, 5.41) is 0. The predicted molar refractivity (Wildman–Crippen MR) is 61.5 cm³/mol. The van der Waals surface area contributed by atoms with Gasteiger partial charge in [-0.2, -0.15) is 0 Å². The molecule has 0 aliphatic carbocycles. The second-order valence-electron chi connectivity index (χ2n) is 3.42. The Hall–Kier alpha value is -1.57. The van der Waals surface area contributed by atoms with Crippen molar-refractivity contribution in [2.45, 2.75) is 20.3 Å². The molecule has 2 heteroatoms. The second-order valence-corrected chi connectivity index (χ2v) is 3.42. The Bertz CT molecular complexity index is 378. The summed E-state index contributed by atoms with van der Waals surface area (Å²) in [6, 6.07) is 8.10. The molecule has 1 aromatic rings. The number of ether oxygens (including phenoxy) is 1. The van der Waals surface area contributed by atoms with Gasteiger partial charge >= 0.3 is 5.97 Å². The Balaban J connectivity index is 3.02. The molecular weight excluding hydrogens is 188 g/mol. The predicted octanol–water partition coefficient (Wildman–Crippen LogP) is 2.96. The average molecular weight is 204 g/mol. The van der Waals surface area contributed by atoms with Crippen LogP contribution in [0.25, 0.3) is 5.57 Å². The summed E-state index contributed by atoms with van der Waals surface area (Å²) in [6.45, 7) is 4.06. The van der Waals surface area contributed by atoms with Crippen molar-refractivity contribution in [3.05, 3.63) is 41.5 Å². The third kappa shape index (κ3) is 3.24. The first kappa shape index (κ1) is 11.5. The second kappa shape index (κ2) is 5.35. The maximum absolute atomic E-state index is 11.1. The summed E-state index contributed by atoms with van der Waals surface area (Å²) in [5.74, 6) is -0.298. The summed E-state index contributed by atoms with van der Waals surface area (Å²) in [7, 11) is 1.39. The van der Waals surface area contributed by atoms with Gasteiger partial charge in [0.05, 0.1) is 7.11 Å². The summed E-state index contributed by atoms with van der Waals surface area (Å²) < 4.78 is 4.62. The van der Waals surface area contributed by atoms with Gasteiger partial charge in [0, 0.05) is 6.08 Å². The first-order valence-corrected chi connectivity index (χ1v) is 5.03. The van der Waals surface area contributed by atoms with Crippen molar-refractivity contribution in [2.75, 3.05) is 7.11 Å².